The SMILES string of the molecule is COc1ccc(-c2ccc(CCC(=O)O)o2)cc1Cl. The predicted molar refractivity (Wildman–Crippen MR) is 71.7 cm³/mol. The van der Waals surface area contributed by atoms with E-state index in [4.69, 9.17) is 25.9 Å². The highest BCUT2D eigenvalue weighted by molar-refractivity contribution is 6.32. The number of carboxylic acids is 1. The van der Waals surface area contributed by atoms with Crippen molar-refractivity contribution in [1.82, 2.24) is 0 Å². The number of hydrogen-bond donors (Lipinski definition) is 1. The fourth-order valence-electron chi connectivity index (χ4n) is 1.72. The minimum absolute atomic E-state index is 0.0519. The molecule has 2 rings (SSSR count). The molecule has 1 aromatic heterocycles. The van der Waals surface area contributed by atoms with Gasteiger partial charge in [-0.25, -0.2) is 0 Å². The Labute approximate surface area is 115 Å². The van der Waals surface area contributed by atoms with E-state index in [2.05, 4.69) is 0 Å². The second-order valence-corrected chi connectivity index (χ2v) is 4.42. The van der Waals surface area contributed by atoms with Crippen LogP contribution in [-0.4, -0.2) is 18.2 Å². The van der Waals surface area contributed by atoms with Gasteiger partial charge in [-0.1, -0.05) is 11.6 Å². The molecule has 0 bridgehead atoms. The molecule has 0 aliphatic rings. The number of halogens is 1. The maximum atomic E-state index is 10.5. The number of carbonyl (C=O) groups is 1. The summed E-state index contributed by atoms with van der Waals surface area (Å²) in [5.74, 6) is 1.06. The van der Waals surface area contributed by atoms with E-state index in [-0.39, 0.29) is 6.42 Å². The molecule has 0 unspecified atom stereocenters. The van der Waals surface area contributed by atoms with Crippen molar-refractivity contribution in [2.45, 2.75) is 12.8 Å². The van der Waals surface area contributed by atoms with E-state index >= 15 is 0 Å². The summed E-state index contributed by atoms with van der Waals surface area (Å²) in [7, 11) is 1.55. The van der Waals surface area contributed by atoms with Gasteiger partial charge in [0, 0.05) is 12.0 Å². The van der Waals surface area contributed by atoms with Gasteiger partial charge in [0.05, 0.1) is 18.6 Å². The lowest BCUT2D eigenvalue weighted by atomic mass is 10.1. The summed E-state index contributed by atoms with van der Waals surface area (Å²) in [5.41, 5.74) is 0.826. The second-order valence-electron chi connectivity index (χ2n) is 4.01. The number of rotatable bonds is 5. The fraction of sp³-hybridized carbons (Fsp3) is 0.214. The molecule has 1 N–H and O–H groups in total. The summed E-state index contributed by atoms with van der Waals surface area (Å²) in [4.78, 5) is 10.5. The van der Waals surface area contributed by atoms with Gasteiger partial charge in [0.15, 0.2) is 0 Å². The number of ether oxygens (including phenoxy) is 1. The van der Waals surface area contributed by atoms with Gasteiger partial charge in [-0.05, 0) is 30.3 Å². The summed E-state index contributed by atoms with van der Waals surface area (Å²) in [6.07, 6.45) is 0.426. The van der Waals surface area contributed by atoms with Crippen LogP contribution >= 0.6 is 11.6 Å². The maximum Gasteiger partial charge on any atom is 0.303 e. The summed E-state index contributed by atoms with van der Waals surface area (Å²) in [6.45, 7) is 0. The molecule has 5 heteroatoms. The standard InChI is InChI=1S/C14H13ClO4/c1-18-13-5-2-9(8-11(13)15)12-6-3-10(19-12)4-7-14(16)17/h2-3,5-6,8H,4,7H2,1H3,(H,16,17). The Balaban J connectivity index is 2.18. The Hall–Kier alpha value is -1.94. The van der Waals surface area contributed by atoms with Crippen LogP contribution in [0.5, 0.6) is 5.75 Å². The first-order valence-corrected chi connectivity index (χ1v) is 6.12. The summed E-state index contributed by atoms with van der Waals surface area (Å²) in [6, 6.07) is 8.92. The van der Waals surface area contributed by atoms with Gasteiger partial charge < -0.3 is 14.3 Å². The van der Waals surface area contributed by atoms with Gasteiger partial charge in [-0.15, -0.1) is 0 Å². The molecular weight excluding hydrogens is 268 g/mol. The van der Waals surface area contributed by atoms with E-state index < -0.39 is 5.97 Å². The van der Waals surface area contributed by atoms with Crippen molar-refractivity contribution in [3.8, 4) is 17.1 Å². The average molecular weight is 281 g/mol. The second kappa shape index (κ2) is 5.80. The number of aliphatic carboxylic acids is 1. The fourth-order valence-corrected chi connectivity index (χ4v) is 1.97. The number of carboxylic acid groups (broad SMARTS) is 1. The van der Waals surface area contributed by atoms with Crippen LogP contribution < -0.4 is 4.74 Å². The molecule has 0 spiro atoms. The molecule has 1 aromatic carbocycles. The van der Waals surface area contributed by atoms with Gasteiger partial charge in [0.1, 0.15) is 17.3 Å². The molecule has 4 nitrogen and oxygen atoms in total. The van der Waals surface area contributed by atoms with Gasteiger partial charge in [0.25, 0.3) is 0 Å². The van der Waals surface area contributed by atoms with Crippen LogP contribution in [0.25, 0.3) is 11.3 Å². The smallest absolute Gasteiger partial charge is 0.303 e. The molecular formula is C14H13ClO4. The Bertz CT molecular complexity index is 589. The molecule has 0 radical (unpaired) electrons. The quantitative estimate of drug-likeness (QED) is 0.908. The zero-order valence-corrected chi connectivity index (χ0v) is 11.1. The summed E-state index contributed by atoms with van der Waals surface area (Å²) in [5, 5.41) is 9.12. The van der Waals surface area contributed by atoms with Crippen molar-refractivity contribution in [3.63, 3.8) is 0 Å². The topological polar surface area (TPSA) is 59.7 Å². The van der Waals surface area contributed by atoms with Crippen LogP contribution in [-0.2, 0) is 11.2 Å². The largest absolute Gasteiger partial charge is 0.495 e. The van der Waals surface area contributed by atoms with E-state index in [0.717, 1.165) is 5.56 Å². The lowest BCUT2D eigenvalue weighted by molar-refractivity contribution is -0.137. The Morgan fingerprint density at radius 2 is 2.16 bits per heavy atom. The molecule has 2 aromatic rings. The molecule has 0 fully saturated rings. The molecule has 1 heterocycles. The third-order valence-corrected chi connectivity index (χ3v) is 2.98. The van der Waals surface area contributed by atoms with E-state index in [1.54, 1.807) is 31.4 Å². The number of methoxy groups -OCH3 is 1. The van der Waals surface area contributed by atoms with Crippen LogP contribution in [0.2, 0.25) is 5.02 Å². The first-order valence-electron chi connectivity index (χ1n) is 5.74. The Morgan fingerprint density at radius 3 is 2.79 bits per heavy atom. The van der Waals surface area contributed by atoms with E-state index in [9.17, 15) is 4.79 Å². The van der Waals surface area contributed by atoms with Gasteiger partial charge >= 0.3 is 5.97 Å². The highest BCUT2D eigenvalue weighted by Crippen LogP contribution is 2.31. The number of benzene rings is 1. The molecule has 0 aliphatic heterocycles. The first kappa shape index (κ1) is 13.5. The zero-order valence-electron chi connectivity index (χ0n) is 10.4. The van der Waals surface area contributed by atoms with Crippen LogP contribution in [0.15, 0.2) is 34.7 Å². The lowest BCUT2D eigenvalue weighted by Crippen LogP contribution is -1.96. The van der Waals surface area contributed by atoms with Crippen molar-refractivity contribution < 1.29 is 19.1 Å². The molecule has 0 amide bonds. The van der Waals surface area contributed by atoms with Crippen molar-refractivity contribution in [2.75, 3.05) is 7.11 Å². The summed E-state index contributed by atoms with van der Waals surface area (Å²) >= 11 is 6.04. The Morgan fingerprint density at radius 1 is 1.37 bits per heavy atom. The van der Waals surface area contributed by atoms with Gasteiger partial charge in [0.2, 0.25) is 0 Å². The molecule has 0 atom stereocenters. The van der Waals surface area contributed by atoms with E-state index in [1.807, 2.05) is 6.07 Å². The van der Waals surface area contributed by atoms with Gasteiger partial charge in [-0.2, -0.15) is 0 Å². The van der Waals surface area contributed by atoms with E-state index in [1.165, 1.54) is 0 Å². The minimum Gasteiger partial charge on any atom is -0.495 e. The van der Waals surface area contributed by atoms with Crippen molar-refractivity contribution >= 4 is 17.6 Å². The third-order valence-electron chi connectivity index (χ3n) is 2.68. The zero-order chi connectivity index (χ0) is 13.8. The normalized spacial score (nSPS) is 10.4. The molecule has 0 aliphatic carbocycles. The maximum absolute atomic E-state index is 10.5. The highest BCUT2D eigenvalue weighted by Gasteiger charge is 2.09. The third kappa shape index (κ3) is 3.29. The van der Waals surface area contributed by atoms with Crippen LogP contribution in [0.3, 0.4) is 0 Å². The molecule has 19 heavy (non-hydrogen) atoms. The van der Waals surface area contributed by atoms with Crippen molar-refractivity contribution in [2.24, 2.45) is 0 Å². The Kier molecular flexibility index (Phi) is 4.12. The highest BCUT2D eigenvalue weighted by atomic mass is 35.5. The van der Waals surface area contributed by atoms with Crippen LogP contribution in [0, 0.1) is 0 Å². The minimum atomic E-state index is -0.842. The predicted octanol–water partition coefficient (Wildman–Crippen LogP) is 3.63. The number of furan rings is 1. The number of aryl methyl sites for hydroxylation is 1. The van der Waals surface area contributed by atoms with Crippen LogP contribution in [0.4, 0.5) is 0 Å². The monoisotopic (exact) mass is 280 g/mol. The number of hydrogen-bond acceptors (Lipinski definition) is 3. The first-order chi connectivity index (χ1) is 9.10. The summed E-state index contributed by atoms with van der Waals surface area (Å²) < 4.78 is 10.7. The average Bonchev–Trinajstić information content (AvgIpc) is 2.85. The van der Waals surface area contributed by atoms with Crippen molar-refractivity contribution in [1.29, 1.82) is 0 Å². The molecule has 100 valence electrons. The van der Waals surface area contributed by atoms with Crippen LogP contribution in [0.1, 0.15) is 12.2 Å². The van der Waals surface area contributed by atoms with E-state index in [0.29, 0.717) is 28.7 Å². The molecule has 0 saturated heterocycles. The van der Waals surface area contributed by atoms with Gasteiger partial charge in [-0.3, -0.25) is 4.79 Å². The lowest BCUT2D eigenvalue weighted by Gasteiger charge is -2.04. The van der Waals surface area contributed by atoms with Crippen molar-refractivity contribution in [3.05, 3.63) is 41.1 Å². The molecule has 0 saturated carbocycles.